The van der Waals surface area contributed by atoms with Crippen molar-refractivity contribution in [2.24, 2.45) is 0 Å². The SMILES string of the molecule is N#CC(=Cc1ccc(-c2ccc([N+](=O)[O-])cc2Cl)o1)c1ccc2c(c1)OCO2. The molecule has 2 heterocycles. The lowest BCUT2D eigenvalue weighted by Crippen LogP contribution is -1.92. The molecule has 8 heteroatoms. The standard InChI is InChI=1S/C20H11ClN2O5/c21-17-9-14(23(24)25)2-4-16(17)18-6-3-15(28-18)7-13(10-22)12-1-5-19-20(8-12)27-11-26-19/h1-9H,11H2. The number of furan rings is 1. The maximum Gasteiger partial charge on any atom is 0.270 e. The van der Waals surface area contributed by atoms with E-state index in [0.29, 0.717) is 39.7 Å². The van der Waals surface area contributed by atoms with Crippen molar-refractivity contribution in [3.8, 4) is 28.9 Å². The summed E-state index contributed by atoms with van der Waals surface area (Å²) < 4.78 is 16.4. The molecule has 0 aliphatic carbocycles. The number of nitro benzene ring substituents is 1. The van der Waals surface area contributed by atoms with Crippen LogP contribution in [-0.4, -0.2) is 11.7 Å². The van der Waals surface area contributed by atoms with Gasteiger partial charge in [-0.25, -0.2) is 0 Å². The largest absolute Gasteiger partial charge is 0.457 e. The van der Waals surface area contributed by atoms with Crippen LogP contribution >= 0.6 is 11.6 Å². The van der Waals surface area contributed by atoms with Crippen molar-refractivity contribution >= 4 is 28.9 Å². The van der Waals surface area contributed by atoms with E-state index >= 15 is 0 Å². The Morgan fingerprint density at radius 3 is 2.71 bits per heavy atom. The zero-order chi connectivity index (χ0) is 19.7. The summed E-state index contributed by atoms with van der Waals surface area (Å²) in [6, 6.07) is 14.9. The second-order valence-electron chi connectivity index (χ2n) is 5.86. The Bertz CT molecular complexity index is 1160. The molecule has 0 unspecified atom stereocenters. The van der Waals surface area contributed by atoms with Crippen LogP contribution in [0, 0.1) is 21.4 Å². The van der Waals surface area contributed by atoms with E-state index in [1.54, 1.807) is 36.4 Å². The van der Waals surface area contributed by atoms with Crippen LogP contribution in [0.1, 0.15) is 11.3 Å². The number of nitriles is 1. The van der Waals surface area contributed by atoms with Gasteiger partial charge < -0.3 is 13.9 Å². The fraction of sp³-hybridized carbons (Fsp3) is 0.0500. The molecule has 138 valence electrons. The van der Waals surface area contributed by atoms with Crippen LogP contribution in [0.3, 0.4) is 0 Å². The van der Waals surface area contributed by atoms with E-state index in [2.05, 4.69) is 6.07 Å². The first kappa shape index (κ1) is 17.6. The normalized spacial score (nSPS) is 12.6. The molecular weight excluding hydrogens is 384 g/mol. The third kappa shape index (κ3) is 3.29. The number of benzene rings is 2. The Kier molecular flexibility index (Phi) is 4.47. The molecule has 0 saturated carbocycles. The number of nitrogens with zero attached hydrogens (tertiary/aromatic N) is 2. The number of allylic oxidation sites excluding steroid dienone is 1. The van der Waals surface area contributed by atoms with E-state index in [1.165, 1.54) is 18.2 Å². The lowest BCUT2D eigenvalue weighted by atomic mass is 10.1. The van der Waals surface area contributed by atoms with Crippen molar-refractivity contribution in [1.82, 2.24) is 0 Å². The summed E-state index contributed by atoms with van der Waals surface area (Å²) in [5.74, 6) is 2.10. The van der Waals surface area contributed by atoms with Crippen molar-refractivity contribution in [3.63, 3.8) is 0 Å². The molecule has 1 aliphatic heterocycles. The quantitative estimate of drug-likeness (QED) is 0.338. The Balaban J connectivity index is 1.65. The molecule has 2 aromatic carbocycles. The number of hydrogen-bond acceptors (Lipinski definition) is 6. The highest BCUT2D eigenvalue weighted by Crippen LogP contribution is 2.36. The lowest BCUT2D eigenvalue weighted by molar-refractivity contribution is -0.384. The second kappa shape index (κ2) is 7.10. The van der Waals surface area contributed by atoms with E-state index in [0.717, 1.165) is 0 Å². The van der Waals surface area contributed by atoms with Crippen LogP contribution in [0.15, 0.2) is 52.9 Å². The van der Waals surface area contributed by atoms with E-state index in [1.807, 2.05) is 0 Å². The van der Waals surface area contributed by atoms with Crippen molar-refractivity contribution in [2.45, 2.75) is 0 Å². The summed E-state index contributed by atoms with van der Waals surface area (Å²) in [7, 11) is 0. The fourth-order valence-electron chi connectivity index (χ4n) is 2.78. The van der Waals surface area contributed by atoms with Gasteiger partial charge in [0.1, 0.15) is 11.5 Å². The van der Waals surface area contributed by atoms with Crippen LogP contribution in [0.25, 0.3) is 23.0 Å². The van der Waals surface area contributed by atoms with Gasteiger partial charge in [0.2, 0.25) is 6.79 Å². The topological polar surface area (TPSA) is 98.5 Å². The monoisotopic (exact) mass is 394 g/mol. The van der Waals surface area contributed by atoms with Crippen molar-refractivity contribution < 1.29 is 18.8 Å². The van der Waals surface area contributed by atoms with Gasteiger partial charge in [-0.05, 0) is 48.0 Å². The van der Waals surface area contributed by atoms with Crippen LogP contribution < -0.4 is 9.47 Å². The first-order valence-electron chi connectivity index (χ1n) is 8.11. The number of ether oxygens (including phenoxy) is 2. The van der Waals surface area contributed by atoms with E-state index in [9.17, 15) is 15.4 Å². The van der Waals surface area contributed by atoms with Gasteiger partial charge in [-0.1, -0.05) is 11.6 Å². The molecule has 0 bridgehead atoms. The van der Waals surface area contributed by atoms with E-state index < -0.39 is 4.92 Å². The summed E-state index contributed by atoms with van der Waals surface area (Å²) in [6.45, 7) is 0.155. The predicted molar refractivity (Wildman–Crippen MR) is 102 cm³/mol. The number of hydrogen-bond donors (Lipinski definition) is 0. The van der Waals surface area contributed by atoms with Gasteiger partial charge in [0.15, 0.2) is 11.5 Å². The summed E-state index contributed by atoms with van der Waals surface area (Å²) in [4.78, 5) is 10.3. The third-order valence-corrected chi connectivity index (χ3v) is 4.46. The first-order chi connectivity index (χ1) is 13.5. The zero-order valence-electron chi connectivity index (χ0n) is 14.2. The van der Waals surface area contributed by atoms with Crippen molar-refractivity contribution in [3.05, 3.63) is 75.0 Å². The minimum Gasteiger partial charge on any atom is -0.457 e. The molecule has 28 heavy (non-hydrogen) atoms. The Hall–Kier alpha value is -3.76. The molecule has 1 aliphatic rings. The Morgan fingerprint density at radius 2 is 1.96 bits per heavy atom. The van der Waals surface area contributed by atoms with Crippen LogP contribution in [0.2, 0.25) is 5.02 Å². The van der Waals surface area contributed by atoms with Gasteiger partial charge >= 0.3 is 0 Å². The number of nitro groups is 1. The molecule has 0 spiro atoms. The maximum atomic E-state index is 10.8. The molecule has 0 amide bonds. The van der Waals surface area contributed by atoms with Gasteiger partial charge in [-0.3, -0.25) is 10.1 Å². The lowest BCUT2D eigenvalue weighted by Gasteiger charge is -2.02. The van der Waals surface area contributed by atoms with Crippen LogP contribution in [-0.2, 0) is 0 Å². The molecule has 3 aromatic rings. The average molecular weight is 395 g/mol. The highest BCUT2D eigenvalue weighted by molar-refractivity contribution is 6.33. The van der Waals surface area contributed by atoms with Gasteiger partial charge in [-0.2, -0.15) is 5.26 Å². The summed E-state index contributed by atoms with van der Waals surface area (Å²) in [6.07, 6.45) is 1.60. The number of fused-ring (bicyclic) bond motifs is 1. The van der Waals surface area contributed by atoms with Gasteiger partial charge in [-0.15, -0.1) is 0 Å². The van der Waals surface area contributed by atoms with Gasteiger partial charge in [0, 0.05) is 17.7 Å². The van der Waals surface area contributed by atoms with Crippen LogP contribution in [0.5, 0.6) is 11.5 Å². The Labute approximate surface area is 164 Å². The Morgan fingerprint density at radius 1 is 1.14 bits per heavy atom. The van der Waals surface area contributed by atoms with Crippen molar-refractivity contribution in [1.29, 1.82) is 5.26 Å². The third-order valence-electron chi connectivity index (χ3n) is 4.15. The minimum absolute atomic E-state index is 0.102. The number of halogens is 1. The number of non-ortho nitro benzene ring substituents is 1. The maximum absolute atomic E-state index is 10.8. The highest BCUT2D eigenvalue weighted by atomic mass is 35.5. The minimum atomic E-state index is -0.517. The summed E-state index contributed by atoms with van der Waals surface area (Å²) in [5, 5.41) is 20.6. The molecule has 0 saturated heterocycles. The molecule has 0 N–H and O–H groups in total. The second-order valence-corrected chi connectivity index (χ2v) is 6.27. The molecule has 0 atom stereocenters. The molecule has 0 fully saturated rings. The summed E-state index contributed by atoms with van der Waals surface area (Å²) in [5.41, 5.74) is 1.47. The average Bonchev–Trinajstić information content (AvgIpc) is 3.34. The fourth-order valence-corrected chi connectivity index (χ4v) is 3.05. The van der Waals surface area contributed by atoms with E-state index in [-0.39, 0.29) is 17.5 Å². The first-order valence-corrected chi connectivity index (χ1v) is 8.49. The van der Waals surface area contributed by atoms with Gasteiger partial charge in [0.05, 0.1) is 21.6 Å². The number of rotatable bonds is 4. The smallest absolute Gasteiger partial charge is 0.270 e. The van der Waals surface area contributed by atoms with Gasteiger partial charge in [0.25, 0.3) is 5.69 Å². The zero-order valence-corrected chi connectivity index (χ0v) is 15.0. The highest BCUT2D eigenvalue weighted by Gasteiger charge is 2.16. The molecule has 4 rings (SSSR count). The van der Waals surface area contributed by atoms with E-state index in [4.69, 9.17) is 25.5 Å². The molecular formula is C20H11ClN2O5. The molecule has 1 aromatic heterocycles. The van der Waals surface area contributed by atoms with Crippen LogP contribution in [0.4, 0.5) is 5.69 Å². The van der Waals surface area contributed by atoms with Crippen molar-refractivity contribution in [2.75, 3.05) is 6.79 Å². The predicted octanol–water partition coefficient (Wildman–Crippen LogP) is 5.30. The molecule has 0 radical (unpaired) electrons. The molecule has 7 nitrogen and oxygen atoms in total. The summed E-state index contributed by atoms with van der Waals surface area (Å²) >= 11 is 6.14.